The number of carbonyl (C=O) groups excluding carboxylic acids is 1. The maximum Gasteiger partial charge on any atom is 0.343 e. The molecule has 0 N–H and O–H groups in total. The van der Waals surface area contributed by atoms with Crippen LogP contribution in [0.1, 0.15) is 120 Å². The standard InChI is InChI=1S/C36H54O5/c1-3-5-6-20-31-40-34-22-17-18-23-35(34)41-36(37)32-24-26-33(27-25-32)39-30-21-16-14-12-10-8-7-9-11-13-15-19-29-38-28-4-2/h4,17-18,22-27H,2-3,5-16,19-21,28-31H2,1H3. The summed E-state index contributed by atoms with van der Waals surface area (Å²) in [7, 11) is 0. The van der Waals surface area contributed by atoms with Crippen molar-refractivity contribution in [1.82, 2.24) is 0 Å². The Kier molecular flexibility index (Phi) is 20.0. The molecule has 41 heavy (non-hydrogen) atoms. The van der Waals surface area contributed by atoms with Crippen molar-refractivity contribution < 1.29 is 23.7 Å². The number of hydrogen-bond acceptors (Lipinski definition) is 5. The summed E-state index contributed by atoms with van der Waals surface area (Å²) < 4.78 is 22.8. The summed E-state index contributed by atoms with van der Waals surface area (Å²) in [5.74, 6) is 1.43. The van der Waals surface area contributed by atoms with Gasteiger partial charge in [0.2, 0.25) is 0 Å². The largest absolute Gasteiger partial charge is 0.494 e. The van der Waals surface area contributed by atoms with Gasteiger partial charge in [0.05, 0.1) is 25.4 Å². The van der Waals surface area contributed by atoms with E-state index in [1.807, 2.05) is 36.4 Å². The van der Waals surface area contributed by atoms with Crippen LogP contribution in [-0.4, -0.2) is 32.4 Å². The summed E-state index contributed by atoms with van der Waals surface area (Å²) in [6, 6.07) is 14.5. The molecule has 5 heteroatoms. The van der Waals surface area contributed by atoms with Crippen LogP contribution in [0.3, 0.4) is 0 Å². The van der Waals surface area contributed by atoms with Gasteiger partial charge in [0.15, 0.2) is 11.5 Å². The molecule has 0 saturated heterocycles. The highest BCUT2D eigenvalue weighted by molar-refractivity contribution is 5.91. The van der Waals surface area contributed by atoms with Gasteiger partial charge in [0.25, 0.3) is 0 Å². The van der Waals surface area contributed by atoms with Gasteiger partial charge in [0.1, 0.15) is 5.75 Å². The Labute approximate surface area is 249 Å². The molecule has 0 aliphatic heterocycles. The molecule has 5 nitrogen and oxygen atoms in total. The van der Waals surface area contributed by atoms with Crippen LogP contribution in [0, 0.1) is 0 Å². The monoisotopic (exact) mass is 566 g/mol. The Morgan fingerprint density at radius 1 is 0.634 bits per heavy atom. The number of ether oxygens (including phenoxy) is 4. The number of esters is 1. The van der Waals surface area contributed by atoms with Crippen LogP contribution in [0.2, 0.25) is 0 Å². The Morgan fingerprint density at radius 3 is 1.73 bits per heavy atom. The van der Waals surface area contributed by atoms with E-state index in [0.717, 1.165) is 31.6 Å². The van der Waals surface area contributed by atoms with E-state index in [9.17, 15) is 4.79 Å². The minimum absolute atomic E-state index is 0.399. The van der Waals surface area contributed by atoms with E-state index in [-0.39, 0.29) is 0 Å². The third-order valence-corrected chi connectivity index (χ3v) is 7.08. The van der Waals surface area contributed by atoms with Crippen molar-refractivity contribution in [2.45, 2.75) is 110 Å². The van der Waals surface area contributed by atoms with Gasteiger partial charge in [-0.3, -0.25) is 0 Å². The summed E-state index contributed by atoms with van der Waals surface area (Å²) in [6.07, 6.45) is 21.7. The van der Waals surface area contributed by atoms with E-state index in [2.05, 4.69) is 13.5 Å². The number of hydrogen-bond donors (Lipinski definition) is 0. The minimum Gasteiger partial charge on any atom is -0.494 e. The van der Waals surface area contributed by atoms with Gasteiger partial charge in [-0.05, 0) is 55.7 Å². The zero-order valence-corrected chi connectivity index (χ0v) is 25.6. The Morgan fingerprint density at radius 2 is 1.15 bits per heavy atom. The first-order chi connectivity index (χ1) is 20.2. The lowest BCUT2D eigenvalue weighted by atomic mass is 10.1. The van der Waals surface area contributed by atoms with Gasteiger partial charge in [-0.1, -0.05) is 109 Å². The van der Waals surface area contributed by atoms with E-state index in [4.69, 9.17) is 18.9 Å². The highest BCUT2D eigenvalue weighted by atomic mass is 16.6. The Bertz CT molecular complexity index is 924. The van der Waals surface area contributed by atoms with E-state index in [1.54, 1.807) is 18.2 Å². The average Bonchev–Trinajstić information content (AvgIpc) is 2.99. The predicted octanol–water partition coefficient (Wildman–Crippen LogP) is 10.1. The number of unbranched alkanes of at least 4 members (excludes halogenated alkanes) is 14. The van der Waals surface area contributed by atoms with Crippen molar-refractivity contribution in [3.8, 4) is 17.2 Å². The van der Waals surface area contributed by atoms with E-state index < -0.39 is 5.97 Å². The molecule has 0 amide bonds. The van der Waals surface area contributed by atoms with Gasteiger partial charge in [-0.25, -0.2) is 4.79 Å². The predicted molar refractivity (Wildman–Crippen MR) is 169 cm³/mol. The van der Waals surface area contributed by atoms with Crippen LogP contribution in [-0.2, 0) is 4.74 Å². The first kappa shape index (κ1) is 34.4. The van der Waals surface area contributed by atoms with Crippen molar-refractivity contribution in [1.29, 1.82) is 0 Å². The molecule has 0 radical (unpaired) electrons. The molecule has 0 aromatic heterocycles. The van der Waals surface area contributed by atoms with Gasteiger partial charge in [0, 0.05) is 6.61 Å². The molecule has 0 fully saturated rings. The van der Waals surface area contributed by atoms with Gasteiger partial charge >= 0.3 is 5.97 Å². The molecule has 228 valence electrons. The molecule has 0 aliphatic rings. The summed E-state index contributed by atoms with van der Waals surface area (Å²) in [5.41, 5.74) is 0.490. The van der Waals surface area contributed by atoms with Crippen LogP contribution < -0.4 is 14.2 Å². The molecule has 2 rings (SSSR count). The molecule has 2 aromatic rings. The lowest BCUT2D eigenvalue weighted by Gasteiger charge is -2.12. The second-order valence-electron chi connectivity index (χ2n) is 10.7. The third-order valence-electron chi connectivity index (χ3n) is 7.08. The molecule has 0 spiro atoms. The molecule has 0 heterocycles. The zero-order valence-electron chi connectivity index (χ0n) is 25.6. The highest BCUT2D eigenvalue weighted by Gasteiger charge is 2.12. The fourth-order valence-electron chi connectivity index (χ4n) is 4.64. The van der Waals surface area contributed by atoms with Gasteiger partial charge in [-0.2, -0.15) is 0 Å². The summed E-state index contributed by atoms with van der Waals surface area (Å²) >= 11 is 0. The van der Waals surface area contributed by atoms with E-state index in [1.165, 1.54) is 83.5 Å². The quantitative estimate of drug-likeness (QED) is 0.0491. The first-order valence-corrected chi connectivity index (χ1v) is 16.1. The lowest BCUT2D eigenvalue weighted by Crippen LogP contribution is -2.10. The van der Waals surface area contributed by atoms with Crippen molar-refractivity contribution in [3.05, 3.63) is 66.7 Å². The van der Waals surface area contributed by atoms with Crippen molar-refractivity contribution in [2.24, 2.45) is 0 Å². The van der Waals surface area contributed by atoms with Crippen molar-refractivity contribution >= 4 is 5.97 Å². The SMILES string of the molecule is C=CCOCCCCCCCCCCCCCCOc1ccc(C(=O)Oc2ccccc2OCCCCCC)cc1. The zero-order chi connectivity index (χ0) is 29.2. The van der Waals surface area contributed by atoms with Crippen LogP contribution in [0.25, 0.3) is 0 Å². The fourth-order valence-corrected chi connectivity index (χ4v) is 4.64. The summed E-state index contributed by atoms with van der Waals surface area (Å²) in [5, 5.41) is 0. The Balaban J connectivity index is 1.50. The van der Waals surface area contributed by atoms with Gasteiger partial charge < -0.3 is 18.9 Å². The van der Waals surface area contributed by atoms with Gasteiger partial charge in [-0.15, -0.1) is 6.58 Å². The summed E-state index contributed by atoms with van der Waals surface area (Å²) in [6.45, 7) is 8.71. The average molecular weight is 567 g/mol. The normalized spacial score (nSPS) is 10.9. The van der Waals surface area contributed by atoms with Crippen molar-refractivity contribution in [3.63, 3.8) is 0 Å². The number of benzene rings is 2. The topological polar surface area (TPSA) is 54.0 Å². The molecular formula is C36H54O5. The Hall–Kier alpha value is -2.79. The number of para-hydroxylation sites is 2. The van der Waals surface area contributed by atoms with Crippen LogP contribution >= 0.6 is 0 Å². The third kappa shape index (κ3) is 16.9. The van der Waals surface area contributed by atoms with E-state index >= 15 is 0 Å². The number of rotatable bonds is 26. The maximum absolute atomic E-state index is 12.7. The second kappa shape index (κ2) is 23.9. The number of carbonyl (C=O) groups is 1. The smallest absolute Gasteiger partial charge is 0.343 e. The lowest BCUT2D eigenvalue weighted by molar-refractivity contribution is 0.0728. The molecule has 0 unspecified atom stereocenters. The van der Waals surface area contributed by atoms with Crippen LogP contribution in [0.4, 0.5) is 0 Å². The highest BCUT2D eigenvalue weighted by Crippen LogP contribution is 2.28. The molecule has 0 saturated carbocycles. The fraction of sp³-hybridized carbons (Fsp3) is 0.583. The summed E-state index contributed by atoms with van der Waals surface area (Å²) in [4.78, 5) is 12.7. The molecule has 0 bridgehead atoms. The maximum atomic E-state index is 12.7. The van der Waals surface area contributed by atoms with Crippen LogP contribution in [0.15, 0.2) is 61.2 Å². The van der Waals surface area contributed by atoms with E-state index in [0.29, 0.717) is 36.9 Å². The molecule has 0 aliphatic carbocycles. The van der Waals surface area contributed by atoms with Crippen molar-refractivity contribution in [2.75, 3.05) is 26.4 Å². The first-order valence-electron chi connectivity index (χ1n) is 16.1. The minimum atomic E-state index is -0.399. The molecule has 2 aromatic carbocycles. The molecular weight excluding hydrogens is 512 g/mol. The molecule has 0 atom stereocenters. The van der Waals surface area contributed by atoms with Crippen LogP contribution in [0.5, 0.6) is 17.2 Å². The second-order valence-corrected chi connectivity index (χ2v) is 10.7.